The number of aryl methyl sites for hydroxylation is 1. The van der Waals surface area contributed by atoms with Crippen LogP contribution in [0.4, 0.5) is 5.13 Å². The minimum atomic E-state index is -0.191. The molecule has 4 rings (SSSR count). The van der Waals surface area contributed by atoms with Gasteiger partial charge in [-0.05, 0) is 30.5 Å². The Balaban J connectivity index is 1.40. The van der Waals surface area contributed by atoms with Crippen LogP contribution >= 0.6 is 23.1 Å². The van der Waals surface area contributed by atoms with E-state index in [1.165, 1.54) is 27.1 Å². The second kappa shape index (κ2) is 8.59. The SMILES string of the molecule is CSc1ccc(-c2csc(NC(=O)CCn3cnc4ccccc4c3=O)n2)cc1. The van der Waals surface area contributed by atoms with Crippen molar-refractivity contribution in [2.24, 2.45) is 0 Å². The maximum atomic E-state index is 12.5. The van der Waals surface area contributed by atoms with Crippen molar-refractivity contribution in [3.8, 4) is 11.3 Å². The minimum Gasteiger partial charge on any atom is -0.302 e. The zero-order valence-corrected chi connectivity index (χ0v) is 17.3. The lowest BCUT2D eigenvalue weighted by Gasteiger charge is -2.06. The Labute approximate surface area is 175 Å². The molecule has 0 fully saturated rings. The van der Waals surface area contributed by atoms with Gasteiger partial charge >= 0.3 is 0 Å². The summed E-state index contributed by atoms with van der Waals surface area (Å²) in [5.74, 6) is -0.191. The highest BCUT2D eigenvalue weighted by atomic mass is 32.2. The molecule has 0 bridgehead atoms. The number of carbonyl (C=O) groups excluding carboxylic acids is 1. The summed E-state index contributed by atoms with van der Waals surface area (Å²) >= 11 is 3.07. The van der Waals surface area contributed by atoms with Gasteiger partial charge in [0.2, 0.25) is 5.91 Å². The topological polar surface area (TPSA) is 76.9 Å². The van der Waals surface area contributed by atoms with Crippen LogP contribution in [0.25, 0.3) is 22.2 Å². The molecule has 2 aromatic carbocycles. The number of para-hydroxylation sites is 1. The van der Waals surface area contributed by atoms with Crippen LogP contribution in [0.15, 0.2) is 69.9 Å². The van der Waals surface area contributed by atoms with E-state index in [0.717, 1.165) is 11.3 Å². The molecule has 1 amide bonds. The predicted molar refractivity (Wildman–Crippen MR) is 119 cm³/mol. The predicted octanol–water partition coefficient (Wildman–Crippen LogP) is 4.27. The molecule has 0 aliphatic heterocycles. The van der Waals surface area contributed by atoms with Gasteiger partial charge in [0, 0.05) is 28.8 Å². The summed E-state index contributed by atoms with van der Waals surface area (Å²) in [4.78, 5) is 34.7. The zero-order chi connectivity index (χ0) is 20.2. The molecule has 0 radical (unpaired) electrons. The second-order valence-electron chi connectivity index (χ2n) is 6.32. The quantitative estimate of drug-likeness (QED) is 0.470. The molecule has 0 saturated carbocycles. The lowest BCUT2D eigenvalue weighted by Crippen LogP contribution is -2.23. The fourth-order valence-electron chi connectivity index (χ4n) is 2.89. The lowest BCUT2D eigenvalue weighted by atomic mass is 10.2. The van der Waals surface area contributed by atoms with Crippen molar-refractivity contribution in [2.45, 2.75) is 17.9 Å². The molecule has 0 atom stereocenters. The number of hydrogen-bond donors (Lipinski definition) is 1. The van der Waals surface area contributed by atoms with Crippen LogP contribution < -0.4 is 10.9 Å². The standard InChI is InChI=1S/C21H18N4O2S2/c1-28-15-8-6-14(7-9-15)18-12-29-21(23-18)24-19(26)10-11-25-13-22-17-5-3-2-4-16(17)20(25)27/h2-9,12-13H,10-11H2,1H3,(H,23,24,26). The number of aromatic nitrogens is 3. The molecule has 0 aliphatic carbocycles. The Kier molecular flexibility index (Phi) is 5.73. The van der Waals surface area contributed by atoms with Crippen molar-refractivity contribution in [3.05, 3.63) is 70.6 Å². The summed E-state index contributed by atoms with van der Waals surface area (Å²) < 4.78 is 1.46. The number of rotatable bonds is 6. The van der Waals surface area contributed by atoms with E-state index in [9.17, 15) is 9.59 Å². The monoisotopic (exact) mass is 422 g/mol. The molecule has 1 N–H and O–H groups in total. The van der Waals surface area contributed by atoms with E-state index in [-0.39, 0.29) is 24.4 Å². The van der Waals surface area contributed by atoms with Gasteiger partial charge in [-0.15, -0.1) is 23.1 Å². The molecule has 146 valence electrons. The van der Waals surface area contributed by atoms with Crippen LogP contribution in [0.1, 0.15) is 6.42 Å². The molecule has 0 aliphatic rings. The molecular weight excluding hydrogens is 404 g/mol. The van der Waals surface area contributed by atoms with Gasteiger partial charge in [0.05, 0.1) is 22.9 Å². The van der Waals surface area contributed by atoms with Crippen LogP contribution in [0.5, 0.6) is 0 Å². The van der Waals surface area contributed by atoms with Crippen LogP contribution in [0.2, 0.25) is 0 Å². The van der Waals surface area contributed by atoms with E-state index in [1.807, 2.05) is 42.0 Å². The number of benzene rings is 2. The summed E-state index contributed by atoms with van der Waals surface area (Å²) in [6.45, 7) is 0.261. The third-order valence-electron chi connectivity index (χ3n) is 4.45. The Morgan fingerprint density at radius 1 is 1.17 bits per heavy atom. The van der Waals surface area contributed by atoms with Crippen molar-refractivity contribution in [1.82, 2.24) is 14.5 Å². The van der Waals surface area contributed by atoms with Gasteiger partial charge in [-0.2, -0.15) is 0 Å². The Morgan fingerprint density at radius 3 is 2.76 bits per heavy atom. The van der Waals surface area contributed by atoms with E-state index in [0.29, 0.717) is 16.0 Å². The van der Waals surface area contributed by atoms with E-state index < -0.39 is 0 Å². The summed E-state index contributed by atoms with van der Waals surface area (Å²) in [6, 6.07) is 15.3. The highest BCUT2D eigenvalue weighted by molar-refractivity contribution is 7.98. The largest absolute Gasteiger partial charge is 0.302 e. The van der Waals surface area contributed by atoms with Crippen molar-refractivity contribution >= 4 is 45.0 Å². The van der Waals surface area contributed by atoms with Gasteiger partial charge in [-0.1, -0.05) is 24.3 Å². The smallest absolute Gasteiger partial charge is 0.261 e. The van der Waals surface area contributed by atoms with Crippen molar-refractivity contribution < 1.29 is 4.79 Å². The number of nitrogens with zero attached hydrogens (tertiary/aromatic N) is 3. The van der Waals surface area contributed by atoms with Gasteiger partial charge in [0.25, 0.3) is 5.56 Å². The van der Waals surface area contributed by atoms with Crippen molar-refractivity contribution in [3.63, 3.8) is 0 Å². The van der Waals surface area contributed by atoms with Gasteiger partial charge in [0.1, 0.15) is 0 Å². The maximum Gasteiger partial charge on any atom is 0.261 e. The Morgan fingerprint density at radius 2 is 1.97 bits per heavy atom. The van der Waals surface area contributed by atoms with Gasteiger partial charge < -0.3 is 5.32 Å². The third kappa shape index (κ3) is 4.38. The Hall–Kier alpha value is -2.97. The average Bonchev–Trinajstić information content (AvgIpc) is 3.22. The summed E-state index contributed by atoms with van der Waals surface area (Å²) in [5.41, 5.74) is 2.34. The number of thiazole rings is 1. The van der Waals surface area contributed by atoms with Gasteiger partial charge in [0.15, 0.2) is 5.13 Å². The molecule has 29 heavy (non-hydrogen) atoms. The number of hydrogen-bond acceptors (Lipinski definition) is 6. The Bertz CT molecular complexity index is 1220. The second-order valence-corrected chi connectivity index (χ2v) is 8.06. The molecule has 0 unspecified atom stereocenters. The molecule has 4 aromatic rings. The number of carbonyl (C=O) groups is 1. The zero-order valence-electron chi connectivity index (χ0n) is 15.7. The molecule has 0 saturated heterocycles. The fraction of sp³-hybridized carbons (Fsp3) is 0.143. The minimum absolute atomic E-state index is 0.145. The molecule has 8 heteroatoms. The summed E-state index contributed by atoms with van der Waals surface area (Å²) in [7, 11) is 0. The van der Waals surface area contributed by atoms with E-state index in [1.54, 1.807) is 30.0 Å². The van der Waals surface area contributed by atoms with Gasteiger partial charge in [-0.3, -0.25) is 14.2 Å². The highest BCUT2D eigenvalue weighted by Crippen LogP contribution is 2.26. The van der Waals surface area contributed by atoms with E-state index >= 15 is 0 Å². The fourth-order valence-corrected chi connectivity index (χ4v) is 4.04. The first-order valence-electron chi connectivity index (χ1n) is 8.98. The van der Waals surface area contributed by atoms with E-state index in [4.69, 9.17) is 0 Å². The number of nitrogens with one attached hydrogen (secondary N) is 1. The highest BCUT2D eigenvalue weighted by Gasteiger charge is 2.10. The average molecular weight is 423 g/mol. The maximum absolute atomic E-state index is 12.5. The molecular formula is C21H18N4O2S2. The molecule has 2 heterocycles. The number of anilines is 1. The molecule has 0 spiro atoms. The first-order chi connectivity index (χ1) is 14.1. The van der Waals surface area contributed by atoms with Crippen LogP contribution in [0.3, 0.4) is 0 Å². The summed E-state index contributed by atoms with van der Waals surface area (Å²) in [6.07, 6.45) is 3.68. The summed E-state index contributed by atoms with van der Waals surface area (Å²) in [5, 5.41) is 5.82. The van der Waals surface area contributed by atoms with Crippen LogP contribution in [0, 0.1) is 0 Å². The number of thioether (sulfide) groups is 1. The first kappa shape index (κ1) is 19.4. The first-order valence-corrected chi connectivity index (χ1v) is 11.1. The normalized spacial score (nSPS) is 10.9. The third-order valence-corrected chi connectivity index (χ3v) is 5.95. The lowest BCUT2D eigenvalue weighted by molar-refractivity contribution is -0.116. The van der Waals surface area contributed by atoms with Gasteiger partial charge in [-0.25, -0.2) is 9.97 Å². The van der Waals surface area contributed by atoms with E-state index in [2.05, 4.69) is 15.3 Å². The number of amides is 1. The van der Waals surface area contributed by atoms with Crippen molar-refractivity contribution in [2.75, 3.05) is 11.6 Å². The van der Waals surface area contributed by atoms with Crippen LogP contribution in [-0.4, -0.2) is 26.7 Å². The molecule has 6 nitrogen and oxygen atoms in total. The van der Waals surface area contributed by atoms with Crippen molar-refractivity contribution in [1.29, 1.82) is 0 Å². The molecule has 2 aromatic heterocycles. The van der Waals surface area contributed by atoms with Crippen LogP contribution in [-0.2, 0) is 11.3 Å². The number of fused-ring (bicyclic) bond motifs is 1.